The standard InChI is InChI=1S/C28H27F3N4O5/c1-16(36)33-18-5-8-20(9-6-18)39-11-10-34-14-26(2)22-23(27(3,15-34)40-26)25(38)35(24(22)37)19-7-4-17(13-32)21(12-19)28(29,30)31/h4-9,12,37-38H,10-11,14-15H2,1-3H3,(H,33,36)/t26-,27+. The molecule has 2 aromatic carbocycles. The molecule has 1 amide bonds. The number of amides is 1. The van der Waals surface area contributed by atoms with Crippen LogP contribution in [0.15, 0.2) is 42.5 Å². The fourth-order valence-electron chi connectivity index (χ4n) is 5.82. The second kappa shape index (κ2) is 9.46. The summed E-state index contributed by atoms with van der Waals surface area (Å²) in [4.78, 5) is 13.3. The van der Waals surface area contributed by atoms with Gasteiger partial charge in [0.1, 0.15) is 23.6 Å². The van der Waals surface area contributed by atoms with Crippen LogP contribution in [0.3, 0.4) is 0 Å². The van der Waals surface area contributed by atoms with Crippen molar-refractivity contribution in [3.63, 3.8) is 0 Å². The van der Waals surface area contributed by atoms with Crippen molar-refractivity contribution in [1.29, 1.82) is 5.26 Å². The monoisotopic (exact) mass is 556 g/mol. The number of rotatable bonds is 6. The van der Waals surface area contributed by atoms with E-state index in [1.54, 1.807) is 38.1 Å². The Labute approximate surface area is 228 Å². The number of hydrogen-bond donors (Lipinski definition) is 3. The van der Waals surface area contributed by atoms with E-state index in [1.807, 2.05) is 0 Å². The lowest BCUT2D eigenvalue weighted by Crippen LogP contribution is -2.52. The fourth-order valence-corrected chi connectivity index (χ4v) is 5.82. The molecule has 0 spiro atoms. The number of aromatic hydroxyl groups is 2. The second-order valence-electron chi connectivity index (χ2n) is 10.4. The van der Waals surface area contributed by atoms with Crippen molar-refractivity contribution in [3.8, 4) is 29.3 Å². The molecule has 5 rings (SSSR count). The topological polar surface area (TPSA) is 120 Å². The van der Waals surface area contributed by atoms with Gasteiger partial charge in [-0.15, -0.1) is 0 Å². The number of carbonyl (C=O) groups is 1. The molecular formula is C28H27F3N4O5. The lowest BCUT2D eigenvalue weighted by Gasteiger charge is -2.43. The predicted octanol–water partition coefficient (Wildman–Crippen LogP) is 4.59. The lowest BCUT2D eigenvalue weighted by molar-refractivity contribution is -0.187. The normalized spacial score (nSPS) is 22.0. The number of benzene rings is 2. The molecule has 0 unspecified atom stereocenters. The van der Waals surface area contributed by atoms with Gasteiger partial charge in [0.05, 0.1) is 34.0 Å². The quantitative estimate of drug-likeness (QED) is 0.406. The Kier molecular flexibility index (Phi) is 6.47. The number of hydrogen-bond acceptors (Lipinski definition) is 7. The van der Waals surface area contributed by atoms with Crippen LogP contribution in [0, 0.1) is 11.3 Å². The van der Waals surface area contributed by atoms with E-state index >= 15 is 0 Å². The molecule has 3 heterocycles. The average Bonchev–Trinajstić information content (AvgIpc) is 3.24. The van der Waals surface area contributed by atoms with Crippen molar-refractivity contribution < 1.29 is 37.7 Å². The summed E-state index contributed by atoms with van der Waals surface area (Å²) in [6.45, 7) is 6.44. The van der Waals surface area contributed by atoms with Crippen LogP contribution in [0.2, 0.25) is 0 Å². The number of fused-ring (bicyclic) bond motifs is 5. The van der Waals surface area contributed by atoms with Crippen LogP contribution >= 0.6 is 0 Å². The van der Waals surface area contributed by atoms with Crippen LogP contribution in [-0.4, -0.2) is 51.8 Å². The molecule has 2 atom stereocenters. The molecule has 3 aromatic rings. The molecule has 2 aliphatic heterocycles. The highest BCUT2D eigenvalue weighted by Gasteiger charge is 2.58. The first kappa shape index (κ1) is 27.4. The van der Waals surface area contributed by atoms with Gasteiger partial charge < -0.3 is 25.0 Å². The van der Waals surface area contributed by atoms with E-state index in [-0.39, 0.29) is 11.6 Å². The second-order valence-corrected chi connectivity index (χ2v) is 10.4. The zero-order valence-corrected chi connectivity index (χ0v) is 22.0. The van der Waals surface area contributed by atoms with Gasteiger partial charge in [-0.2, -0.15) is 18.4 Å². The molecule has 210 valence electrons. The van der Waals surface area contributed by atoms with Crippen LogP contribution in [0.5, 0.6) is 17.5 Å². The third kappa shape index (κ3) is 4.61. The Balaban J connectivity index is 1.37. The van der Waals surface area contributed by atoms with Crippen LogP contribution in [-0.2, 0) is 26.9 Å². The minimum atomic E-state index is -4.80. The average molecular weight is 557 g/mol. The molecule has 2 bridgehead atoms. The summed E-state index contributed by atoms with van der Waals surface area (Å²) >= 11 is 0. The number of aromatic nitrogens is 1. The number of alkyl halides is 3. The molecule has 1 aromatic heterocycles. The van der Waals surface area contributed by atoms with Crippen LogP contribution in [0.25, 0.3) is 5.69 Å². The van der Waals surface area contributed by atoms with Gasteiger partial charge in [-0.3, -0.25) is 14.3 Å². The van der Waals surface area contributed by atoms with Crippen LogP contribution < -0.4 is 10.1 Å². The van der Waals surface area contributed by atoms with Gasteiger partial charge in [0.2, 0.25) is 17.7 Å². The maximum Gasteiger partial charge on any atom is 0.417 e. The molecule has 0 saturated carbocycles. The van der Waals surface area contributed by atoms with Crippen molar-refractivity contribution in [2.75, 3.05) is 31.6 Å². The highest BCUT2D eigenvalue weighted by Crippen LogP contribution is 2.59. The minimum absolute atomic E-state index is 0.129. The van der Waals surface area contributed by atoms with E-state index in [1.165, 1.54) is 19.1 Å². The number of nitrogens with zero attached hydrogens (tertiary/aromatic N) is 3. The van der Waals surface area contributed by atoms with Crippen LogP contribution in [0.1, 0.15) is 43.0 Å². The summed E-state index contributed by atoms with van der Waals surface area (Å²) in [5.41, 5.74) is -2.70. The highest BCUT2D eigenvalue weighted by atomic mass is 19.4. The minimum Gasteiger partial charge on any atom is -0.494 e. The van der Waals surface area contributed by atoms with E-state index in [2.05, 4.69) is 10.2 Å². The number of ether oxygens (including phenoxy) is 2. The van der Waals surface area contributed by atoms with Gasteiger partial charge in [0, 0.05) is 32.2 Å². The Morgan fingerprint density at radius 3 is 2.23 bits per heavy atom. The van der Waals surface area contributed by atoms with Gasteiger partial charge in [0.15, 0.2) is 0 Å². The SMILES string of the molecule is CC(=O)Nc1ccc(OCCN2C[C@@]3(C)O[C@@](C)(C2)c2c3c(O)n(-c3ccc(C#N)c(C(F)(F)F)c3)c2O)cc1. The molecule has 9 nitrogen and oxygen atoms in total. The highest BCUT2D eigenvalue weighted by molar-refractivity contribution is 5.88. The number of halogens is 3. The largest absolute Gasteiger partial charge is 0.494 e. The smallest absolute Gasteiger partial charge is 0.417 e. The van der Waals surface area contributed by atoms with Crippen molar-refractivity contribution in [3.05, 3.63) is 64.7 Å². The number of carbonyl (C=O) groups excluding carboxylic acids is 1. The van der Waals surface area contributed by atoms with E-state index in [4.69, 9.17) is 14.7 Å². The molecule has 3 N–H and O–H groups in total. The van der Waals surface area contributed by atoms with Crippen LogP contribution in [0.4, 0.5) is 18.9 Å². The first-order chi connectivity index (χ1) is 18.8. The zero-order valence-electron chi connectivity index (χ0n) is 22.0. The molecule has 2 aliphatic rings. The first-order valence-corrected chi connectivity index (χ1v) is 12.5. The van der Waals surface area contributed by atoms with Crippen molar-refractivity contribution in [2.45, 2.75) is 38.1 Å². The Morgan fingerprint density at radius 1 is 1.10 bits per heavy atom. The van der Waals surface area contributed by atoms with Crippen molar-refractivity contribution in [1.82, 2.24) is 9.47 Å². The summed E-state index contributed by atoms with van der Waals surface area (Å²) in [7, 11) is 0. The van der Waals surface area contributed by atoms with Gasteiger partial charge in [-0.05, 0) is 56.3 Å². The Bertz CT molecular complexity index is 1490. The molecule has 0 aliphatic carbocycles. The molecular weight excluding hydrogens is 529 g/mol. The summed E-state index contributed by atoms with van der Waals surface area (Å²) in [6, 6.07) is 11.5. The van der Waals surface area contributed by atoms with E-state index < -0.39 is 40.3 Å². The summed E-state index contributed by atoms with van der Waals surface area (Å²) < 4.78 is 53.9. The fraction of sp³-hybridized carbons (Fsp3) is 0.357. The third-order valence-corrected chi connectivity index (χ3v) is 7.22. The summed E-state index contributed by atoms with van der Waals surface area (Å²) in [5, 5.41) is 34.3. The Hall–Kier alpha value is -4.21. The maximum absolute atomic E-state index is 13.6. The number of nitriles is 1. The summed E-state index contributed by atoms with van der Waals surface area (Å²) in [5.74, 6) is -0.393. The first-order valence-electron chi connectivity index (χ1n) is 12.5. The predicted molar refractivity (Wildman–Crippen MR) is 137 cm³/mol. The summed E-state index contributed by atoms with van der Waals surface area (Å²) in [6.07, 6.45) is -4.80. The van der Waals surface area contributed by atoms with E-state index in [9.17, 15) is 28.2 Å². The Morgan fingerprint density at radius 2 is 1.70 bits per heavy atom. The van der Waals surface area contributed by atoms with Gasteiger partial charge >= 0.3 is 6.18 Å². The van der Waals surface area contributed by atoms with E-state index in [0.29, 0.717) is 48.8 Å². The molecule has 1 fully saturated rings. The van der Waals surface area contributed by atoms with E-state index in [0.717, 1.165) is 16.7 Å². The van der Waals surface area contributed by atoms with Gasteiger partial charge in [-0.25, -0.2) is 0 Å². The third-order valence-electron chi connectivity index (χ3n) is 7.22. The van der Waals surface area contributed by atoms with Gasteiger partial charge in [-0.1, -0.05) is 0 Å². The van der Waals surface area contributed by atoms with Crippen molar-refractivity contribution >= 4 is 11.6 Å². The molecule has 0 radical (unpaired) electrons. The zero-order chi connectivity index (χ0) is 29.0. The number of nitrogens with one attached hydrogen (secondary N) is 1. The number of morpholine rings is 1. The maximum atomic E-state index is 13.6. The number of anilines is 1. The molecule has 1 saturated heterocycles. The molecule has 12 heteroatoms. The lowest BCUT2D eigenvalue weighted by atomic mass is 9.94. The van der Waals surface area contributed by atoms with Gasteiger partial charge in [0.25, 0.3) is 0 Å². The molecule has 40 heavy (non-hydrogen) atoms. The van der Waals surface area contributed by atoms with Crippen molar-refractivity contribution in [2.24, 2.45) is 0 Å².